The summed E-state index contributed by atoms with van der Waals surface area (Å²) in [6.07, 6.45) is 3.34. The third-order valence-corrected chi connectivity index (χ3v) is 6.11. The van der Waals surface area contributed by atoms with Crippen molar-refractivity contribution in [1.82, 2.24) is 15.2 Å². The molecule has 0 fully saturated rings. The monoisotopic (exact) mass is 413 g/mol. The third-order valence-electron chi connectivity index (χ3n) is 4.92. The number of aryl methyl sites for hydroxylation is 2. The smallest absolute Gasteiger partial charge is 0.209 e. The van der Waals surface area contributed by atoms with Gasteiger partial charge in [-0.3, -0.25) is 9.89 Å². The van der Waals surface area contributed by atoms with E-state index in [1.165, 1.54) is 29.3 Å². The molecule has 4 rings (SSSR count). The molecule has 1 aliphatic carbocycles. The highest BCUT2D eigenvalue weighted by Gasteiger charge is 2.21. The third kappa shape index (κ3) is 3.80. The molecule has 0 radical (unpaired) electrons. The molecule has 0 aliphatic heterocycles. The van der Waals surface area contributed by atoms with Crippen LogP contribution in [0, 0.1) is 0 Å². The summed E-state index contributed by atoms with van der Waals surface area (Å²) in [5.74, 6) is 1.30. The molecule has 1 aromatic heterocycles. The van der Waals surface area contributed by atoms with Crippen molar-refractivity contribution in [3.63, 3.8) is 0 Å². The fourth-order valence-corrected chi connectivity index (χ4v) is 4.43. The van der Waals surface area contributed by atoms with E-state index >= 15 is 0 Å². The number of ketones is 1. The van der Waals surface area contributed by atoms with Crippen molar-refractivity contribution in [1.29, 1.82) is 0 Å². The summed E-state index contributed by atoms with van der Waals surface area (Å²) in [6, 6.07) is 11.4. The minimum Gasteiger partial charge on any atom is -0.496 e. The highest BCUT2D eigenvalue weighted by molar-refractivity contribution is 8.00. The van der Waals surface area contributed by atoms with Gasteiger partial charge in [-0.15, -0.1) is 5.10 Å². The number of hydrogen-bond acceptors (Lipinski definition) is 5. The first-order valence-corrected chi connectivity index (χ1v) is 10.4. The molecule has 0 amide bonds. The van der Waals surface area contributed by atoms with Crippen molar-refractivity contribution < 1.29 is 9.53 Å². The lowest BCUT2D eigenvalue weighted by molar-refractivity contribution is 0.0994. The molecule has 2 aromatic carbocycles. The van der Waals surface area contributed by atoms with Crippen LogP contribution in [0.1, 0.15) is 34.8 Å². The largest absolute Gasteiger partial charge is 0.496 e. The van der Waals surface area contributed by atoms with Gasteiger partial charge in [0.05, 0.1) is 17.9 Å². The number of methoxy groups -OCH3 is 1. The van der Waals surface area contributed by atoms with Crippen LogP contribution in [0.25, 0.3) is 11.4 Å². The number of aromatic nitrogens is 3. The van der Waals surface area contributed by atoms with Gasteiger partial charge in [-0.25, -0.2) is 4.98 Å². The molecule has 3 aromatic rings. The molecule has 1 heterocycles. The van der Waals surface area contributed by atoms with Gasteiger partial charge in [0.1, 0.15) is 5.75 Å². The number of hydrogen-bond donors (Lipinski definition) is 1. The van der Waals surface area contributed by atoms with Gasteiger partial charge in [0, 0.05) is 10.6 Å². The molecule has 0 bridgehead atoms. The summed E-state index contributed by atoms with van der Waals surface area (Å²) in [5.41, 5.74) is 4.15. The molecule has 0 unspecified atom stereocenters. The molecule has 1 N–H and O–H groups in total. The van der Waals surface area contributed by atoms with E-state index in [-0.39, 0.29) is 11.0 Å². The van der Waals surface area contributed by atoms with Crippen molar-refractivity contribution in [3.8, 4) is 17.1 Å². The standard InChI is InChI=1S/C21H20ClN3O2S/c1-12(19(26)15-7-6-13-4-3-5-14(13)10-15)28-21-23-20(24-25-21)17-11-16(22)8-9-18(17)27-2/h6-12H,3-5H2,1-2H3,(H,23,24,25)/t12-/m0/s1. The summed E-state index contributed by atoms with van der Waals surface area (Å²) >= 11 is 7.43. The second-order valence-corrected chi connectivity index (χ2v) is 8.52. The van der Waals surface area contributed by atoms with E-state index in [1.54, 1.807) is 25.3 Å². The maximum Gasteiger partial charge on any atom is 0.209 e. The number of Topliss-reactive ketones (excluding diaryl/α,β-unsaturated/α-hetero) is 1. The Bertz CT molecular complexity index is 1030. The number of H-pyrrole nitrogens is 1. The van der Waals surface area contributed by atoms with Crippen molar-refractivity contribution in [2.24, 2.45) is 0 Å². The fraction of sp³-hybridized carbons (Fsp3) is 0.286. The number of ether oxygens (including phenoxy) is 1. The number of aromatic amines is 1. The number of fused-ring (bicyclic) bond motifs is 1. The Labute approximate surface area is 172 Å². The SMILES string of the molecule is COc1ccc(Cl)cc1-c1nc(S[C@@H](C)C(=O)c2ccc3c(c2)CCC3)n[nH]1. The Morgan fingerprint density at radius 1 is 1.21 bits per heavy atom. The summed E-state index contributed by atoms with van der Waals surface area (Å²) in [7, 11) is 1.59. The molecule has 5 nitrogen and oxygen atoms in total. The van der Waals surface area contributed by atoms with Gasteiger partial charge in [0.25, 0.3) is 0 Å². The van der Waals surface area contributed by atoms with Crippen LogP contribution in [0.3, 0.4) is 0 Å². The maximum absolute atomic E-state index is 12.8. The highest BCUT2D eigenvalue weighted by Crippen LogP contribution is 2.32. The van der Waals surface area contributed by atoms with Crippen molar-refractivity contribution in [3.05, 3.63) is 58.1 Å². The van der Waals surface area contributed by atoms with E-state index in [1.807, 2.05) is 19.1 Å². The van der Waals surface area contributed by atoms with E-state index in [9.17, 15) is 4.79 Å². The second kappa shape index (κ2) is 7.97. The van der Waals surface area contributed by atoms with Gasteiger partial charge < -0.3 is 4.74 Å². The lowest BCUT2D eigenvalue weighted by Gasteiger charge is -2.09. The van der Waals surface area contributed by atoms with Gasteiger partial charge in [-0.2, -0.15) is 0 Å². The van der Waals surface area contributed by atoms with Crippen LogP contribution in [0.15, 0.2) is 41.6 Å². The Morgan fingerprint density at radius 3 is 2.86 bits per heavy atom. The molecule has 1 aliphatic rings. The molecular weight excluding hydrogens is 394 g/mol. The average Bonchev–Trinajstić information content (AvgIpc) is 3.36. The zero-order valence-electron chi connectivity index (χ0n) is 15.7. The number of rotatable bonds is 6. The fourth-order valence-electron chi connectivity index (χ4n) is 3.46. The molecule has 144 valence electrons. The number of nitrogens with one attached hydrogen (secondary N) is 1. The van der Waals surface area contributed by atoms with Gasteiger partial charge >= 0.3 is 0 Å². The lowest BCUT2D eigenvalue weighted by Crippen LogP contribution is -2.14. The Morgan fingerprint density at radius 2 is 2.04 bits per heavy atom. The number of nitrogens with zero attached hydrogens (tertiary/aromatic N) is 2. The summed E-state index contributed by atoms with van der Waals surface area (Å²) in [4.78, 5) is 17.4. The van der Waals surface area contributed by atoms with E-state index in [0.717, 1.165) is 24.0 Å². The summed E-state index contributed by atoms with van der Waals surface area (Å²) in [5, 5.41) is 7.97. The van der Waals surface area contributed by atoms with Gasteiger partial charge in [0.2, 0.25) is 5.16 Å². The average molecular weight is 414 g/mol. The normalized spacial score (nSPS) is 14.0. The number of benzene rings is 2. The molecule has 0 saturated heterocycles. The minimum absolute atomic E-state index is 0.0892. The summed E-state index contributed by atoms with van der Waals surface area (Å²) in [6.45, 7) is 1.89. The first-order valence-electron chi connectivity index (χ1n) is 9.14. The number of halogens is 1. The zero-order chi connectivity index (χ0) is 19.7. The molecule has 1 atom stereocenters. The first-order chi connectivity index (χ1) is 13.5. The number of carbonyl (C=O) groups excluding carboxylic acids is 1. The number of thioether (sulfide) groups is 1. The molecular formula is C21H20ClN3O2S. The molecule has 28 heavy (non-hydrogen) atoms. The second-order valence-electron chi connectivity index (χ2n) is 6.77. The molecule has 7 heteroatoms. The minimum atomic E-state index is -0.288. The quantitative estimate of drug-likeness (QED) is 0.455. The first kappa shape index (κ1) is 19.0. The number of carbonyl (C=O) groups is 1. The maximum atomic E-state index is 12.8. The van der Waals surface area contributed by atoms with Crippen LogP contribution in [0.2, 0.25) is 5.02 Å². The Hall–Kier alpha value is -2.31. The van der Waals surface area contributed by atoms with Crippen LogP contribution in [-0.4, -0.2) is 33.3 Å². The molecule has 0 saturated carbocycles. The van der Waals surface area contributed by atoms with Crippen LogP contribution in [0.5, 0.6) is 5.75 Å². The predicted molar refractivity (Wildman–Crippen MR) is 111 cm³/mol. The van der Waals surface area contributed by atoms with Gasteiger partial charge in [-0.05, 0) is 61.6 Å². The highest BCUT2D eigenvalue weighted by atomic mass is 35.5. The van der Waals surface area contributed by atoms with Gasteiger partial charge in [0.15, 0.2) is 11.6 Å². The van der Waals surface area contributed by atoms with Crippen LogP contribution < -0.4 is 4.74 Å². The topological polar surface area (TPSA) is 67.9 Å². The van der Waals surface area contributed by atoms with Crippen LogP contribution in [-0.2, 0) is 12.8 Å². The Kier molecular flexibility index (Phi) is 5.42. The Balaban J connectivity index is 1.51. The van der Waals surface area contributed by atoms with Crippen molar-refractivity contribution >= 4 is 29.1 Å². The van der Waals surface area contributed by atoms with E-state index in [0.29, 0.717) is 21.8 Å². The van der Waals surface area contributed by atoms with Gasteiger partial charge in [-0.1, -0.05) is 35.5 Å². The van der Waals surface area contributed by atoms with Crippen LogP contribution >= 0.6 is 23.4 Å². The van der Waals surface area contributed by atoms with Crippen molar-refractivity contribution in [2.45, 2.75) is 36.6 Å². The van der Waals surface area contributed by atoms with E-state index in [2.05, 4.69) is 21.2 Å². The van der Waals surface area contributed by atoms with Crippen LogP contribution in [0.4, 0.5) is 0 Å². The predicted octanol–water partition coefficient (Wildman–Crippen LogP) is 4.99. The molecule has 0 spiro atoms. The van der Waals surface area contributed by atoms with E-state index < -0.39 is 0 Å². The summed E-state index contributed by atoms with van der Waals surface area (Å²) < 4.78 is 5.37. The van der Waals surface area contributed by atoms with E-state index in [4.69, 9.17) is 16.3 Å². The van der Waals surface area contributed by atoms with Crippen molar-refractivity contribution in [2.75, 3.05) is 7.11 Å². The zero-order valence-corrected chi connectivity index (χ0v) is 17.2. The lowest BCUT2D eigenvalue weighted by atomic mass is 10.0.